The van der Waals surface area contributed by atoms with Crippen LogP contribution in [-0.4, -0.2) is 198 Å². The van der Waals surface area contributed by atoms with E-state index in [0.29, 0.717) is 50.5 Å². The van der Waals surface area contributed by atoms with E-state index in [1.807, 2.05) is 6.08 Å². The number of hydrogen-bond donors (Lipinski definition) is 10. The molecular formula is C42H74BrN11O16. The van der Waals surface area contributed by atoms with Crippen LogP contribution in [0.2, 0.25) is 0 Å². The van der Waals surface area contributed by atoms with Gasteiger partial charge in [0.05, 0.1) is 89.4 Å². The van der Waals surface area contributed by atoms with Crippen molar-refractivity contribution in [1.29, 1.82) is 0 Å². The lowest BCUT2D eigenvalue weighted by Crippen LogP contribution is -2.43. The van der Waals surface area contributed by atoms with Crippen LogP contribution >= 0.6 is 15.9 Å². The van der Waals surface area contributed by atoms with Crippen LogP contribution in [0.25, 0.3) is 0 Å². The van der Waals surface area contributed by atoms with Gasteiger partial charge in [0.15, 0.2) is 5.69 Å². The van der Waals surface area contributed by atoms with Crippen LogP contribution < -0.4 is 32.8 Å². The molecule has 0 spiro atoms. The van der Waals surface area contributed by atoms with Gasteiger partial charge in [-0.3, -0.25) is 30.3 Å². The molecule has 0 bridgehead atoms. The average molecular weight is 1070 g/mol. The standard InChI is InChI=1S/C12H17N3O4.C9H14N2O2.C7H13BrN2O3.C7H14N2O3.C4H6O3.C3H10N2O/c1-3-19-12(18)9-8-4-5-13-11(17)10(8)15(14-9)6-7(2)16;12-9-8(2-1-3-10-9)11-4-6-13-7-5-11;1-3-13-7(12)6(8)10-9-4-5(2)11;1-3-12-7(11)5-9-8-4-6(2)10;1-2-7-4(6)3-5;1-3(6)2-5-4/h7,16H,3-6H2,1-2H3,(H,13,17);2H,1,3-7H2,(H,10,12);5,9,11H,3-4H2,1-2H3;5-6,8,10H,3-4H2,1-2H3;3H,2H2,1H3;3,5-6H,2,4H2,1H3/b;;10-6-;9-5+;;. The molecule has 1 aromatic heterocycles. The number of carbonyl (C=O) groups is 7. The lowest BCUT2D eigenvalue weighted by molar-refractivity contribution is -0.148. The van der Waals surface area contributed by atoms with Crippen LogP contribution in [0.15, 0.2) is 22.0 Å². The van der Waals surface area contributed by atoms with Gasteiger partial charge >= 0.3 is 23.9 Å². The number of aliphatic hydroxyl groups is 4. The van der Waals surface area contributed by atoms with Gasteiger partial charge in [-0.2, -0.15) is 15.3 Å². The number of amides is 2. The molecule has 4 heterocycles. The van der Waals surface area contributed by atoms with Gasteiger partial charge in [0.25, 0.3) is 11.8 Å². The zero-order chi connectivity index (χ0) is 53.4. The summed E-state index contributed by atoms with van der Waals surface area (Å²) in [5.74, 6) is 2.26. The number of ether oxygens (including phenoxy) is 5. The number of hydrazine groups is 1. The lowest BCUT2D eigenvalue weighted by Gasteiger charge is -2.31. The third-order valence-corrected chi connectivity index (χ3v) is 8.42. The third-order valence-electron chi connectivity index (χ3n) is 7.92. The van der Waals surface area contributed by atoms with Gasteiger partial charge in [-0.15, -0.1) is 0 Å². The molecule has 28 heteroatoms. The molecule has 3 aliphatic rings. The van der Waals surface area contributed by atoms with Crippen LogP contribution in [0.4, 0.5) is 0 Å². The van der Waals surface area contributed by atoms with Crippen molar-refractivity contribution in [2.45, 2.75) is 99.2 Å². The largest absolute Gasteiger partial charge is 0.462 e. The van der Waals surface area contributed by atoms with Crippen LogP contribution in [0, 0.1) is 0 Å². The Hall–Kier alpha value is -5.62. The van der Waals surface area contributed by atoms with E-state index in [-0.39, 0.29) is 60.8 Å². The Morgan fingerprint density at radius 2 is 1.39 bits per heavy atom. The van der Waals surface area contributed by atoms with Crippen molar-refractivity contribution < 1.29 is 77.7 Å². The zero-order valence-corrected chi connectivity index (χ0v) is 42.8. The number of carbonyl (C=O) groups excluding carboxylic acids is 7. The minimum absolute atomic E-state index is 0.0631. The minimum atomic E-state index is -0.803. The fourth-order valence-corrected chi connectivity index (χ4v) is 5.31. The third kappa shape index (κ3) is 32.2. The number of aliphatic hydroxyl groups excluding tert-OH is 4. The van der Waals surface area contributed by atoms with Crippen molar-refractivity contribution in [3.63, 3.8) is 0 Å². The van der Waals surface area contributed by atoms with Crippen LogP contribution in [0.5, 0.6) is 0 Å². The van der Waals surface area contributed by atoms with E-state index in [2.05, 4.69) is 77.3 Å². The molecule has 70 heavy (non-hydrogen) atoms. The molecule has 1 fully saturated rings. The topological polar surface area (TPSA) is 379 Å². The van der Waals surface area contributed by atoms with Crippen molar-refractivity contribution in [2.75, 3.05) is 85.5 Å². The SMILES string of the molecule is CC(O)CNN.CCOC(=O)/C(Br)=N/NCC(C)O.CCOC(=O)/C=N/NCC(C)O.CCOC(=O)C=O.CCOC(=O)c1nn(CC(C)O)c2c1CCNC2=O.O=C1NCCC=C1N1CCOCC1. The zero-order valence-electron chi connectivity index (χ0n) is 41.2. The number of nitrogens with two attached hydrogens (primary N) is 1. The van der Waals surface area contributed by atoms with Crippen LogP contribution in [-0.2, 0) is 60.6 Å². The molecule has 4 atom stereocenters. The molecule has 0 aromatic carbocycles. The summed E-state index contributed by atoms with van der Waals surface area (Å²) >= 11 is 2.93. The number of aldehydes is 1. The number of nitrogens with one attached hydrogen (secondary N) is 5. The summed E-state index contributed by atoms with van der Waals surface area (Å²) in [6, 6.07) is 0. The first kappa shape index (κ1) is 66.5. The Morgan fingerprint density at radius 3 is 1.87 bits per heavy atom. The smallest absolute Gasteiger partial charge is 0.371 e. The number of hydrogen-bond acceptors (Lipinski definition) is 24. The fourth-order valence-electron chi connectivity index (χ4n) is 5.07. The highest BCUT2D eigenvalue weighted by Gasteiger charge is 2.30. The summed E-state index contributed by atoms with van der Waals surface area (Å²) in [5, 5.41) is 52.3. The molecule has 0 radical (unpaired) electrons. The van der Waals surface area contributed by atoms with Crippen molar-refractivity contribution >= 4 is 68.7 Å². The van der Waals surface area contributed by atoms with E-state index in [0.717, 1.165) is 51.2 Å². The Morgan fingerprint density at radius 1 is 0.829 bits per heavy atom. The number of halogens is 1. The number of nitrogens with zero attached hydrogens (tertiary/aromatic N) is 5. The lowest BCUT2D eigenvalue weighted by atomic mass is 10.1. The van der Waals surface area contributed by atoms with Crippen LogP contribution in [0.3, 0.4) is 0 Å². The van der Waals surface area contributed by atoms with Crippen molar-refractivity contribution in [2.24, 2.45) is 16.0 Å². The average Bonchev–Trinajstić information content (AvgIpc) is 3.68. The molecule has 1 saturated heterocycles. The Balaban J connectivity index is 0. The van der Waals surface area contributed by atoms with Gasteiger partial charge in [-0.05, 0) is 84.2 Å². The van der Waals surface area contributed by atoms with Gasteiger partial charge in [0, 0.05) is 38.3 Å². The summed E-state index contributed by atoms with van der Waals surface area (Å²) < 4.78 is 25.0. The van der Waals surface area contributed by atoms with E-state index in [9.17, 15) is 38.7 Å². The first-order valence-corrected chi connectivity index (χ1v) is 23.2. The second-order valence-electron chi connectivity index (χ2n) is 14.3. The monoisotopic (exact) mass is 1070 g/mol. The first-order chi connectivity index (χ1) is 33.2. The molecular weight excluding hydrogens is 994 g/mol. The van der Waals surface area contributed by atoms with Crippen molar-refractivity contribution in [3.8, 4) is 0 Å². The molecule has 3 aliphatic heterocycles. The number of fused-ring (bicyclic) bond motifs is 1. The minimum Gasteiger partial charge on any atom is -0.462 e. The van der Waals surface area contributed by atoms with Gasteiger partial charge in [0.1, 0.15) is 11.9 Å². The summed E-state index contributed by atoms with van der Waals surface area (Å²) in [6.45, 7) is 20.0. The molecule has 4 rings (SSSR count). The molecule has 11 N–H and O–H groups in total. The first-order valence-electron chi connectivity index (χ1n) is 22.4. The summed E-state index contributed by atoms with van der Waals surface area (Å²) in [4.78, 5) is 78.0. The maximum Gasteiger partial charge on any atom is 0.371 e. The highest BCUT2D eigenvalue weighted by Crippen LogP contribution is 2.20. The molecule has 4 unspecified atom stereocenters. The highest BCUT2D eigenvalue weighted by atomic mass is 79.9. The molecule has 0 saturated carbocycles. The van der Waals surface area contributed by atoms with Crippen LogP contribution in [0.1, 0.15) is 88.4 Å². The normalized spacial score (nSPS) is 15.4. The Bertz CT molecular complexity index is 1790. The summed E-state index contributed by atoms with van der Waals surface area (Å²) in [6.07, 6.45) is 2.69. The second kappa shape index (κ2) is 41.2. The predicted molar refractivity (Wildman–Crippen MR) is 258 cm³/mol. The number of rotatable bonds is 19. The summed E-state index contributed by atoms with van der Waals surface area (Å²) in [7, 11) is 0. The maximum atomic E-state index is 11.9. The van der Waals surface area contributed by atoms with Crippen molar-refractivity contribution in [3.05, 3.63) is 28.7 Å². The Labute approximate surface area is 416 Å². The molecule has 2 amide bonds. The van der Waals surface area contributed by atoms with Gasteiger partial charge in [-0.1, -0.05) is 6.08 Å². The number of aromatic nitrogens is 2. The number of esters is 4. The van der Waals surface area contributed by atoms with Gasteiger partial charge in [-0.25, -0.2) is 19.2 Å². The quantitative estimate of drug-likeness (QED) is 0.0133. The molecule has 1 aromatic rings. The van der Waals surface area contributed by atoms with E-state index in [4.69, 9.17) is 30.6 Å². The predicted octanol–water partition coefficient (Wildman–Crippen LogP) is -2.24. The molecule has 0 aliphatic carbocycles. The van der Waals surface area contributed by atoms with Gasteiger partial charge in [0.2, 0.25) is 10.9 Å². The van der Waals surface area contributed by atoms with E-state index in [1.54, 1.807) is 55.4 Å². The Kier molecular flexibility index (Phi) is 39.1. The van der Waals surface area contributed by atoms with E-state index < -0.39 is 42.2 Å². The van der Waals surface area contributed by atoms with E-state index in [1.165, 1.54) is 4.68 Å². The highest BCUT2D eigenvalue weighted by molar-refractivity contribution is 9.19. The molecule has 400 valence electrons. The fraction of sp³-hybridized carbons (Fsp3) is 0.667. The maximum absolute atomic E-state index is 11.9. The second-order valence-corrected chi connectivity index (χ2v) is 15.1. The van der Waals surface area contributed by atoms with Gasteiger partial charge < -0.3 is 70.5 Å². The number of morpholine rings is 1. The molecule has 27 nitrogen and oxygen atoms in total. The van der Waals surface area contributed by atoms with E-state index >= 15 is 0 Å². The summed E-state index contributed by atoms with van der Waals surface area (Å²) in [5.41, 5.74) is 9.27. The van der Waals surface area contributed by atoms with Crippen molar-refractivity contribution in [1.82, 2.24) is 41.6 Å². The number of hydrazone groups is 2.